The highest BCUT2D eigenvalue weighted by Gasteiger charge is 2.23. The van der Waals surface area contributed by atoms with E-state index < -0.39 is 4.92 Å². The molecule has 0 saturated heterocycles. The molecule has 1 amide bonds. The van der Waals surface area contributed by atoms with Gasteiger partial charge in [0.25, 0.3) is 5.69 Å². The number of carbonyl (C=O) groups is 1. The topological polar surface area (TPSA) is 90.7 Å². The lowest BCUT2D eigenvalue weighted by Crippen LogP contribution is -2.40. The summed E-state index contributed by atoms with van der Waals surface area (Å²) in [5.41, 5.74) is 1.08. The van der Waals surface area contributed by atoms with Crippen LogP contribution in [-0.4, -0.2) is 23.7 Å². The van der Waals surface area contributed by atoms with E-state index in [-0.39, 0.29) is 31.0 Å². The van der Waals surface area contributed by atoms with E-state index in [0.29, 0.717) is 22.8 Å². The zero-order valence-corrected chi connectivity index (χ0v) is 14.2. The van der Waals surface area contributed by atoms with Crippen molar-refractivity contribution in [2.24, 2.45) is 5.92 Å². The van der Waals surface area contributed by atoms with Crippen LogP contribution in [0.15, 0.2) is 18.2 Å². The second kappa shape index (κ2) is 7.65. The highest BCUT2D eigenvalue weighted by Crippen LogP contribution is 2.33. The van der Waals surface area contributed by atoms with E-state index >= 15 is 0 Å². The molecule has 1 aliphatic carbocycles. The second-order valence-corrected chi connectivity index (χ2v) is 6.60. The highest BCUT2D eigenvalue weighted by molar-refractivity contribution is 5.92. The molecule has 0 aromatic heterocycles. The lowest BCUT2D eigenvalue weighted by atomic mass is 9.86. The van der Waals surface area contributed by atoms with Gasteiger partial charge in [-0.25, -0.2) is 0 Å². The summed E-state index contributed by atoms with van der Waals surface area (Å²) in [7, 11) is 0. The molecule has 7 heteroatoms. The van der Waals surface area contributed by atoms with Crippen LogP contribution in [0.1, 0.15) is 43.7 Å². The second-order valence-electron chi connectivity index (χ2n) is 6.60. The SMILES string of the molecule is CC1CCCCC1NC(=O)C=Cc1cc([N+](=O)[O-])cc2c1OCOC2. The molecule has 0 radical (unpaired) electrons. The molecule has 1 fully saturated rings. The number of nitrogens with zero attached hydrogens (tertiary/aromatic N) is 1. The van der Waals surface area contributed by atoms with E-state index in [0.717, 1.165) is 19.3 Å². The minimum atomic E-state index is -0.462. The Morgan fingerprint density at radius 2 is 2.16 bits per heavy atom. The van der Waals surface area contributed by atoms with Crippen LogP contribution in [0.4, 0.5) is 5.69 Å². The molecule has 134 valence electrons. The fraction of sp³-hybridized carbons (Fsp3) is 0.500. The molecule has 1 aliphatic heterocycles. The van der Waals surface area contributed by atoms with E-state index in [1.54, 1.807) is 6.08 Å². The fourth-order valence-electron chi connectivity index (χ4n) is 3.39. The third-order valence-corrected chi connectivity index (χ3v) is 4.79. The van der Waals surface area contributed by atoms with Crippen LogP contribution in [0.2, 0.25) is 0 Å². The Labute approximate surface area is 146 Å². The first-order valence-corrected chi connectivity index (χ1v) is 8.55. The van der Waals surface area contributed by atoms with Gasteiger partial charge >= 0.3 is 0 Å². The number of nitro benzene ring substituents is 1. The van der Waals surface area contributed by atoms with Crippen molar-refractivity contribution in [3.05, 3.63) is 39.4 Å². The maximum absolute atomic E-state index is 12.2. The number of amides is 1. The maximum atomic E-state index is 12.2. The van der Waals surface area contributed by atoms with Crippen molar-refractivity contribution >= 4 is 17.7 Å². The third-order valence-electron chi connectivity index (χ3n) is 4.79. The van der Waals surface area contributed by atoms with Gasteiger partial charge < -0.3 is 14.8 Å². The summed E-state index contributed by atoms with van der Waals surface area (Å²) >= 11 is 0. The Hall–Kier alpha value is -2.41. The van der Waals surface area contributed by atoms with E-state index in [1.807, 2.05) is 0 Å². The molecule has 2 unspecified atom stereocenters. The Morgan fingerprint density at radius 1 is 1.36 bits per heavy atom. The van der Waals surface area contributed by atoms with E-state index in [1.165, 1.54) is 24.6 Å². The summed E-state index contributed by atoms with van der Waals surface area (Å²) in [6, 6.07) is 3.04. The molecule has 1 aromatic carbocycles. The highest BCUT2D eigenvalue weighted by atomic mass is 16.7. The average molecular weight is 346 g/mol. The molecule has 1 heterocycles. The summed E-state index contributed by atoms with van der Waals surface area (Å²) in [5, 5.41) is 14.1. The number of carbonyl (C=O) groups excluding carboxylic acids is 1. The smallest absolute Gasteiger partial charge is 0.270 e. The molecule has 3 rings (SSSR count). The molecule has 2 atom stereocenters. The third kappa shape index (κ3) is 4.17. The first kappa shape index (κ1) is 17.4. The van der Waals surface area contributed by atoms with Crippen LogP contribution in [-0.2, 0) is 16.1 Å². The van der Waals surface area contributed by atoms with E-state index in [9.17, 15) is 14.9 Å². The van der Waals surface area contributed by atoms with Gasteiger partial charge in [0.2, 0.25) is 5.91 Å². The average Bonchev–Trinajstić information content (AvgIpc) is 2.61. The molecular weight excluding hydrogens is 324 g/mol. The predicted octanol–water partition coefficient (Wildman–Crippen LogP) is 3.17. The first-order chi connectivity index (χ1) is 12.0. The number of non-ortho nitro benzene ring substituents is 1. The number of fused-ring (bicyclic) bond motifs is 1. The number of ether oxygens (including phenoxy) is 2. The minimum absolute atomic E-state index is 0.0474. The molecule has 1 N–H and O–H groups in total. The number of nitro groups is 1. The minimum Gasteiger partial charge on any atom is -0.467 e. The molecule has 25 heavy (non-hydrogen) atoms. The van der Waals surface area contributed by atoms with Gasteiger partial charge in [0.05, 0.1) is 11.5 Å². The predicted molar refractivity (Wildman–Crippen MR) is 92.0 cm³/mol. The molecule has 1 saturated carbocycles. The summed E-state index contributed by atoms with van der Waals surface area (Å²) in [4.78, 5) is 22.9. The summed E-state index contributed by atoms with van der Waals surface area (Å²) < 4.78 is 10.6. The zero-order chi connectivity index (χ0) is 17.8. The van der Waals surface area contributed by atoms with Crippen molar-refractivity contribution in [2.75, 3.05) is 6.79 Å². The van der Waals surface area contributed by atoms with Crippen LogP contribution < -0.4 is 10.1 Å². The Balaban J connectivity index is 1.76. The van der Waals surface area contributed by atoms with E-state index in [2.05, 4.69) is 12.2 Å². The van der Waals surface area contributed by atoms with Crippen molar-refractivity contribution in [2.45, 2.75) is 45.3 Å². The van der Waals surface area contributed by atoms with Gasteiger partial charge in [-0.3, -0.25) is 14.9 Å². The normalized spacial score (nSPS) is 22.9. The largest absolute Gasteiger partial charge is 0.467 e. The van der Waals surface area contributed by atoms with Crippen molar-refractivity contribution in [3.63, 3.8) is 0 Å². The number of nitrogens with one attached hydrogen (secondary N) is 1. The number of hydrogen-bond donors (Lipinski definition) is 1. The van der Waals surface area contributed by atoms with Crippen molar-refractivity contribution in [1.82, 2.24) is 5.32 Å². The van der Waals surface area contributed by atoms with Gasteiger partial charge in [0, 0.05) is 35.4 Å². The Kier molecular flexibility index (Phi) is 5.33. The van der Waals surface area contributed by atoms with Crippen LogP contribution in [0, 0.1) is 16.0 Å². The van der Waals surface area contributed by atoms with Crippen LogP contribution in [0.5, 0.6) is 5.75 Å². The zero-order valence-electron chi connectivity index (χ0n) is 14.2. The molecule has 7 nitrogen and oxygen atoms in total. The van der Waals surface area contributed by atoms with Crippen LogP contribution in [0.3, 0.4) is 0 Å². The molecule has 0 spiro atoms. The Bertz CT molecular complexity index is 701. The van der Waals surface area contributed by atoms with E-state index in [4.69, 9.17) is 9.47 Å². The van der Waals surface area contributed by atoms with Crippen molar-refractivity contribution in [1.29, 1.82) is 0 Å². The van der Waals surface area contributed by atoms with Crippen LogP contribution >= 0.6 is 0 Å². The van der Waals surface area contributed by atoms with Gasteiger partial charge in [0.15, 0.2) is 6.79 Å². The number of rotatable bonds is 4. The standard InChI is InChI=1S/C18H22N2O5/c1-12-4-2-3-5-16(12)19-17(21)7-6-13-8-15(20(22)23)9-14-10-24-11-25-18(13)14/h6-9,12,16H,2-5,10-11H2,1H3,(H,19,21). The molecule has 2 aliphatic rings. The van der Waals surface area contributed by atoms with Gasteiger partial charge in [-0.1, -0.05) is 19.8 Å². The van der Waals surface area contributed by atoms with Gasteiger partial charge in [0.1, 0.15) is 5.75 Å². The maximum Gasteiger partial charge on any atom is 0.270 e. The number of hydrogen-bond acceptors (Lipinski definition) is 5. The van der Waals surface area contributed by atoms with Crippen LogP contribution in [0.25, 0.3) is 6.08 Å². The fourth-order valence-corrected chi connectivity index (χ4v) is 3.39. The summed E-state index contributed by atoms with van der Waals surface area (Å²) in [5.74, 6) is 0.815. The molecular formula is C18H22N2O5. The first-order valence-electron chi connectivity index (χ1n) is 8.55. The van der Waals surface area contributed by atoms with Crippen molar-refractivity contribution < 1.29 is 19.2 Å². The summed E-state index contributed by atoms with van der Waals surface area (Å²) in [6.45, 7) is 2.50. The lowest BCUT2D eigenvalue weighted by Gasteiger charge is -2.29. The van der Waals surface area contributed by atoms with Gasteiger partial charge in [-0.15, -0.1) is 0 Å². The monoisotopic (exact) mass is 346 g/mol. The Morgan fingerprint density at radius 3 is 2.92 bits per heavy atom. The quantitative estimate of drug-likeness (QED) is 0.514. The molecule has 0 bridgehead atoms. The van der Waals surface area contributed by atoms with Gasteiger partial charge in [-0.05, 0) is 24.8 Å². The van der Waals surface area contributed by atoms with Crippen molar-refractivity contribution in [3.8, 4) is 5.75 Å². The van der Waals surface area contributed by atoms with Gasteiger partial charge in [-0.2, -0.15) is 0 Å². The number of benzene rings is 1. The lowest BCUT2D eigenvalue weighted by molar-refractivity contribution is -0.385. The summed E-state index contributed by atoms with van der Waals surface area (Å²) in [6.07, 6.45) is 7.45. The molecule has 1 aromatic rings.